The highest BCUT2D eigenvalue weighted by molar-refractivity contribution is 9.10. The molecule has 1 aliphatic heterocycles. The molecule has 6 rings (SSSR count). The smallest absolute Gasteiger partial charge is 0.145 e. The van der Waals surface area contributed by atoms with Crippen molar-refractivity contribution < 1.29 is 9.53 Å². The first-order chi connectivity index (χ1) is 17.1. The lowest BCUT2D eigenvalue weighted by Gasteiger charge is -2.28. The van der Waals surface area contributed by atoms with Crippen molar-refractivity contribution in [3.8, 4) is 28.3 Å². The molecule has 0 amide bonds. The Labute approximate surface area is 213 Å². The number of rotatable bonds is 7. The number of fused-ring (bicyclic) bond motifs is 1. The first-order valence-electron chi connectivity index (χ1n) is 12.2. The maximum absolute atomic E-state index is 13.5. The van der Waals surface area contributed by atoms with Crippen LogP contribution in [0.3, 0.4) is 0 Å². The van der Waals surface area contributed by atoms with E-state index >= 15 is 0 Å². The summed E-state index contributed by atoms with van der Waals surface area (Å²) in [5.74, 6) is 2.42. The van der Waals surface area contributed by atoms with E-state index in [-0.39, 0.29) is 11.3 Å². The van der Waals surface area contributed by atoms with Gasteiger partial charge in [0.15, 0.2) is 0 Å². The van der Waals surface area contributed by atoms with Crippen molar-refractivity contribution in [2.45, 2.75) is 25.8 Å². The normalized spacial score (nSPS) is 19.8. The third-order valence-corrected chi connectivity index (χ3v) is 8.11. The summed E-state index contributed by atoms with van der Waals surface area (Å²) in [6, 6.07) is 22.8. The zero-order chi connectivity index (χ0) is 24.0. The minimum Gasteiger partial charge on any atom is -0.497 e. The van der Waals surface area contributed by atoms with Gasteiger partial charge in [-0.15, -0.1) is 0 Å². The predicted molar refractivity (Wildman–Crippen MR) is 143 cm³/mol. The molecule has 6 heteroatoms. The van der Waals surface area contributed by atoms with Crippen LogP contribution in [0.15, 0.2) is 71.2 Å². The van der Waals surface area contributed by atoms with Crippen molar-refractivity contribution in [1.29, 1.82) is 0 Å². The summed E-state index contributed by atoms with van der Waals surface area (Å²) in [7, 11) is 1.68. The summed E-state index contributed by atoms with van der Waals surface area (Å²) in [6.07, 6.45) is 2.96. The summed E-state index contributed by atoms with van der Waals surface area (Å²) in [5.41, 5.74) is 4.95. The van der Waals surface area contributed by atoms with Crippen LogP contribution in [0.1, 0.15) is 19.3 Å². The van der Waals surface area contributed by atoms with Gasteiger partial charge >= 0.3 is 0 Å². The van der Waals surface area contributed by atoms with Gasteiger partial charge in [0.05, 0.1) is 18.0 Å². The van der Waals surface area contributed by atoms with Gasteiger partial charge in [-0.2, -0.15) is 0 Å². The second-order valence-electron chi connectivity index (χ2n) is 9.78. The molecule has 2 fully saturated rings. The fourth-order valence-electron chi connectivity index (χ4n) is 5.34. The van der Waals surface area contributed by atoms with Crippen molar-refractivity contribution >= 4 is 32.7 Å². The third-order valence-electron chi connectivity index (χ3n) is 7.47. The number of hydrogen-bond acceptors (Lipinski definition) is 4. The molecule has 0 unspecified atom stereocenters. The van der Waals surface area contributed by atoms with E-state index in [0.29, 0.717) is 12.3 Å². The molecule has 1 aromatic heterocycles. The Morgan fingerprint density at radius 1 is 1.06 bits per heavy atom. The van der Waals surface area contributed by atoms with Crippen molar-refractivity contribution in [3.63, 3.8) is 0 Å². The number of carbonyl (C=O) groups is 1. The number of aromatic nitrogens is 2. The Bertz CT molecular complexity index is 1380. The zero-order valence-corrected chi connectivity index (χ0v) is 21.3. The molecular formula is C29H28BrN3O2. The number of ketones is 1. The Morgan fingerprint density at radius 2 is 1.74 bits per heavy atom. The van der Waals surface area contributed by atoms with Crippen molar-refractivity contribution in [3.05, 3.63) is 71.2 Å². The lowest BCUT2D eigenvalue weighted by Crippen LogP contribution is -2.39. The summed E-state index contributed by atoms with van der Waals surface area (Å²) >= 11 is 3.69. The van der Waals surface area contributed by atoms with E-state index in [1.165, 1.54) is 0 Å². The fourth-order valence-corrected chi connectivity index (χ4v) is 5.78. The summed E-state index contributed by atoms with van der Waals surface area (Å²) in [6.45, 7) is 2.28. The van der Waals surface area contributed by atoms with Crippen LogP contribution in [0.5, 0.6) is 5.75 Å². The maximum Gasteiger partial charge on any atom is 0.145 e. The van der Waals surface area contributed by atoms with E-state index in [4.69, 9.17) is 9.72 Å². The van der Waals surface area contributed by atoms with Crippen LogP contribution < -0.4 is 10.1 Å². The number of imidazole rings is 1. The SMILES string of the molecule is COc1ccc(-c2ccc(-c3nc4c(Br)cccc4n3C[C@]3(C(=O)C4CC4)CCNC3)cc2)cc1. The molecule has 1 saturated carbocycles. The highest BCUT2D eigenvalue weighted by atomic mass is 79.9. The van der Waals surface area contributed by atoms with Gasteiger partial charge in [0.1, 0.15) is 22.9 Å². The molecule has 0 radical (unpaired) electrons. The maximum atomic E-state index is 13.5. The molecule has 5 nitrogen and oxygen atoms in total. The van der Waals surface area contributed by atoms with Gasteiger partial charge in [-0.3, -0.25) is 4.79 Å². The van der Waals surface area contributed by atoms with Crippen LogP contribution in [0.2, 0.25) is 0 Å². The monoisotopic (exact) mass is 529 g/mol. The molecule has 0 spiro atoms. The molecule has 1 aliphatic carbocycles. The molecule has 1 saturated heterocycles. The fraction of sp³-hybridized carbons (Fsp3) is 0.310. The molecular weight excluding hydrogens is 502 g/mol. The number of carbonyl (C=O) groups excluding carboxylic acids is 1. The quantitative estimate of drug-likeness (QED) is 0.314. The number of Topliss-reactive ketones (excluding diaryl/α,β-unsaturated/α-hetero) is 1. The second-order valence-corrected chi connectivity index (χ2v) is 10.6. The number of para-hydroxylation sites is 1. The van der Waals surface area contributed by atoms with E-state index in [0.717, 1.165) is 76.1 Å². The molecule has 35 heavy (non-hydrogen) atoms. The summed E-state index contributed by atoms with van der Waals surface area (Å²) in [4.78, 5) is 18.5. The average Bonchev–Trinajstić information content (AvgIpc) is 3.53. The number of ether oxygens (including phenoxy) is 1. The molecule has 1 N–H and O–H groups in total. The Hall–Kier alpha value is -2.96. The van der Waals surface area contributed by atoms with Gasteiger partial charge in [0.25, 0.3) is 0 Å². The molecule has 2 aliphatic rings. The second kappa shape index (κ2) is 8.92. The van der Waals surface area contributed by atoms with Gasteiger partial charge < -0.3 is 14.6 Å². The van der Waals surface area contributed by atoms with Crippen LogP contribution in [0.25, 0.3) is 33.5 Å². The van der Waals surface area contributed by atoms with E-state index < -0.39 is 0 Å². The molecule has 4 aromatic rings. The van der Waals surface area contributed by atoms with Gasteiger partial charge in [0.2, 0.25) is 0 Å². The molecule has 178 valence electrons. The highest BCUT2D eigenvalue weighted by Crippen LogP contribution is 2.43. The third kappa shape index (κ3) is 4.09. The number of nitrogens with zero attached hydrogens (tertiary/aromatic N) is 2. The van der Waals surface area contributed by atoms with Crippen LogP contribution in [0, 0.1) is 11.3 Å². The first kappa shape index (κ1) is 22.5. The number of hydrogen-bond donors (Lipinski definition) is 1. The predicted octanol–water partition coefficient (Wildman–Crippen LogP) is 6.10. The number of methoxy groups -OCH3 is 1. The highest BCUT2D eigenvalue weighted by Gasteiger charge is 2.48. The Balaban J connectivity index is 1.41. The van der Waals surface area contributed by atoms with E-state index in [1.54, 1.807) is 7.11 Å². The number of halogens is 1. The number of benzene rings is 3. The first-order valence-corrected chi connectivity index (χ1v) is 13.0. The van der Waals surface area contributed by atoms with E-state index in [1.807, 2.05) is 24.3 Å². The van der Waals surface area contributed by atoms with Gasteiger partial charge in [-0.25, -0.2) is 4.98 Å². The van der Waals surface area contributed by atoms with Crippen molar-refractivity contribution in [2.75, 3.05) is 20.2 Å². The van der Waals surface area contributed by atoms with Crippen LogP contribution in [-0.4, -0.2) is 35.5 Å². The standard InChI is InChI=1S/C29H28BrN3O2/c1-35-23-13-11-20(12-14-23)19-5-9-22(10-6-19)28-32-26-24(30)3-2-4-25(26)33(28)18-29(15-16-31-17-29)27(34)21-7-8-21/h2-6,9-14,21,31H,7-8,15-18H2,1H3/t29-/m0/s1. The largest absolute Gasteiger partial charge is 0.497 e. The molecule has 1 atom stereocenters. The number of nitrogens with one attached hydrogen (secondary N) is 1. The lowest BCUT2D eigenvalue weighted by molar-refractivity contribution is -0.129. The zero-order valence-electron chi connectivity index (χ0n) is 19.8. The lowest BCUT2D eigenvalue weighted by atomic mass is 9.80. The summed E-state index contributed by atoms with van der Waals surface area (Å²) < 4.78 is 8.53. The topological polar surface area (TPSA) is 56.2 Å². The minimum absolute atomic E-state index is 0.239. The molecule has 2 heterocycles. The molecule has 0 bridgehead atoms. The van der Waals surface area contributed by atoms with Crippen LogP contribution in [0.4, 0.5) is 0 Å². The van der Waals surface area contributed by atoms with Crippen molar-refractivity contribution in [1.82, 2.24) is 14.9 Å². The average molecular weight is 530 g/mol. The van der Waals surface area contributed by atoms with Crippen LogP contribution in [-0.2, 0) is 11.3 Å². The van der Waals surface area contributed by atoms with Crippen LogP contribution >= 0.6 is 15.9 Å². The van der Waals surface area contributed by atoms with Gasteiger partial charge in [0, 0.05) is 29.0 Å². The van der Waals surface area contributed by atoms with Crippen molar-refractivity contribution in [2.24, 2.45) is 11.3 Å². The van der Waals surface area contributed by atoms with E-state index in [9.17, 15) is 4.79 Å². The minimum atomic E-state index is -0.366. The Kier molecular flexibility index (Phi) is 5.73. The van der Waals surface area contributed by atoms with Gasteiger partial charge in [-0.05, 0) is 77.1 Å². The van der Waals surface area contributed by atoms with E-state index in [2.05, 4.69) is 68.3 Å². The Morgan fingerprint density at radius 3 is 2.37 bits per heavy atom. The summed E-state index contributed by atoms with van der Waals surface area (Å²) in [5, 5.41) is 3.47. The van der Waals surface area contributed by atoms with Gasteiger partial charge in [-0.1, -0.05) is 42.5 Å². The molecule has 3 aromatic carbocycles.